The molecule has 1 amide bonds. The summed E-state index contributed by atoms with van der Waals surface area (Å²) in [7, 11) is -3.37. The van der Waals surface area contributed by atoms with Crippen LogP contribution in [-0.2, 0) is 9.84 Å². The molecule has 6 nitrogen and oxygen atoms in total. The molecule has 0 saturated carbocycles. The molecule has 1 aromatic heterocycles. The van der Waals surface area contributed by atoms with Crippen molar-refractivity contribution >= 4 is 33.2 Å². The number of aromatic nitrogens is 2. The number of carbonyl (C=O) groups is 1. The SMILES string of the molecule is CS(=O)(=O)c1cccc(C(=O)Nc2cncc(Cl)n2)c1. The number of rotatable bonds is 3. The van der Waals surface area contributed by atoms with Gasteiger partial charge in [-0.1, -0.05) is 17.7 Å². The average molecular weight is 312 g/mol. The molecule has 0 aliphatic carbocycles. The highest BCUT2D eigenvalue weighted by atomic mass is 35.5. The maximum atomic E-state index is 12.0. The molecule has 1 N–H and O–H groups in total. The van der Waals surface area contributed by atoms with Crippen molar-refractivity contribution in [3.8, 4) is 0 Å². The van der Waals surface area contributed by atoms with Gasteiger partial charge in [0.1, 0.15) is 5.15 Å². The summed E-state index contributed by atoms with van der Waals surface area (Å²) in [5.41, 5.74) is 0.203. The molecular formula is C12H10ClN3O3S. The van der Waals surface area contributed by atoms with E-state index in [1.54, 1.807) is 0 Å². The molecular weight excluding hydrogens is 302 g/mol. The number of benzene rings is 1. The fourth-order valence-electron chi connectivity index (χ4n) is 1.46. The van der Waals surface area contributed by atoms with Gasteiger partial charge in [0, 0.05) is 11.8 Å². The van der Waals surface area contributed by atoms with Crippen molar-refractivity contribution in [2.75, 3.05) is 11.6 Å². The molecule has 0 spiro atoms. The molecule has 1 aromatic carbocycles. The number of carbonyl (C=O) groups excluding carboxylic acids is 1. The zero-order valence-corrected chi connectivity index (χ0v) is 11.9. The molecule has 0 unspecified atom stereocenters. The van der Waals surface area contributed by atoms with Gasteiger partial charge >= 0.3 is 0 Å². The Labute approximate surface area is 120 Å². The van der Waals surface area contributed by atoms with Crippen LogP contribution < -0.4 is 5.32 Å². The number of hydrogen-bond donors (Lipinski definition) is 1. The Bertz CT molecular complexity index is 762. The van der Waals surface area contributed by atoms with Gasteiger partial charge in [-0.25, -0.2) is 13.4 Å². The van der Waals surface area contributed by atoms with Gasteiger partial charge in [0.25, 0.3) is 5.91 Å². The maximum absolute atomic E-state index is 12.0. The average Bonchev–Trinajstić information content (AvgIpc) is 2.38. The maximum Gasteiger partial charge on any atom is 0.256 e. The molecule has 0 atom stereocenters. The fraction of sp³-hybridized carbons (Fsp3) is 0.0833. The number of anilines is 1. The van der Waals surface area contributed by atoms with Crippen LogP contribution in [-0.4, -0.2) is 30.5 Å². The summed E-state index contributed by atoms with van der Waals surface area (Å²) in [6, 6.07) is 5.71. The van der Waals surface area contributed by atoms with Crippen LogP contribution in [0.3, 0.4) is 0 Å². The first-order valence-electron chi connectivity index (χ1n) is 5.45. The minimum Gasteiger partial charge on any atom is -0.305 e. The van der Waals surface area contributed by atoms with Crippen LogP contribution in [0.2, 0.25) is 5.15 Å². The standard InChI is InChI=1S/C12H10ClN3O3S/c1-20(18,19)9-4-2-3-8(5-9)12(17)16-11-7-14-6-10(13)15-11/h2-7H,1H3,(H,15,16,17). The van der Waals surface area contributed by atoms with Gasteiger partial charge in [-0.15, -0.1) is 0 Å². The molecule has 0 saturated heterocycles. The van der Waals surface area contributed by atoms with E-state index in [9.17, 15) is 13.2 Å². The van der Waals surface area contributed by atoms with Crippen LogP contribution in [0.25, 0.3) is 0 Å². The second kappa shape index (κ2) is 5.56. The third kappa shape index (κ3) is 3.52. The number of halogens is 1. The lowest BCUT2D eigenvalue weighted by molar-refractivity contribution is 0.102. The number of nitrogens with zero attached hydrogens (tertiary/aromatic N) is 2. The van der Waals surface area contributed by atoms with Crippen LogP contribution in [0.15, 0.2) is 41.6 Å². The third-order valence-electron chi connectivity index (χ3n) is 2.37. The molecule has 8 heteroatoms. The second-order valence-electron chi connectivity index (χ2n) is 3.98. The van der Waals surface area contributed by atoms with Crippen molar-refractivity contribution in [3.63, 3.8) is 0 Å². The topological polar surface area (TPSA) is 89.0 Å². The minimum atomic E-state index is -3.37. The second-order valence-corrected chi connectivity index (χ2v) is 6.38. The number of sulfone groups is 1. The van der Waals surface area contributed by atoms with Crippen LogP contribution >= 0.6 is 11.6 Å². The van der Waals surface area contributed by atoms with Crippen molar-refractivity contribution in [1.82, 2.24) is 9.97 Å². The molecule has 2 aromatic rings. The summed E-state index contributed by atoms with van der Waals surface area (Å²) in [5, 5.41) is 2.63. The van der Waals surface area contributed by atoms with Crippen LogP contribution in [0.4, 0.5) is 5.82 Å². The summed E-state index contributed by atoms with van der Waals surface area (Å²) in [6.45, 7) is 0. The summed E-state index contributed by atoms with van der Waals surface area (Å²) in [4.78, 5) is 19.7. The molecule has 20 heavy (non-hydrogen) atoms. The van der Waals surface area contributed by atoms with Crippen LogP contribution in [0.1, 0.15) is 10.4 Å². The van der Waals surface area contributed by atoms with Crippen molar-refractivity contribution in [2.24, 2.45) is 0 Å². The van der Waals surface area contributed by atoms with Gasteiger partial charge in [-0.05, 0) is 18.2 Å². The lowest BCUT2D eigenvalue weighted by Gasteiger charge is -2.05. The van der Waals surface area contributed by atoms with Crippen LogP contribution in [0, 0.1) is 0 Å². The molecule has 0 aliphatic heterocycles. The zero-order chi connectivity index (χ0) is 14.8. The Morgan fingerprint density at radius 1 is 1.30 bits per heavy atom. The normalized spacial score (nSPS) is 11.1. The van der Waals surface area contributed by atoms with Crippen molar-refractivity contribution in [2.45, 2.75) is 4.90 Å². The van der Waals surface area contributed by atoms with E-state index in [4.69, 9.17) is 11.6 Å². The predicted octanol–water partition coefficient (Wildman–Crippen LogP) is 1.79. The fourth-order valence-corrected chi connectivity index (χ4v) is 2.27. The Balaban J connectivity index is 2.26. The van der Waals surface area contributed by atoms with Crippen molar-refractivity contribution < 1.29 is 13.2 Å². The Morgan fingerprint density at radius 3 is 2.70 bits per heavy atom. The lowest BCUT2D eigenvalue weighted by Crippen LogP contribution is -2.13. The summed E-state index contributed by atoms with van der Waals surface area (Å²) in [6.07, 6.45) is 3.75. The van der Waals surface area contributed by atoms with E-state index in [0.29, 0.717) is 0 Å². The van der Waals surface area contributed by atoms with Gasteiger partial charge in [0.05, 0.1) is 17.3 Å². The molecule has 0 fully saturated rings. The largest absolute Gasteiger partial charge is 0.305 e. The van der Waals surface area contributed by atoms with Gasteiger partial charge in [0.15, 0.2) is 15.7 Å². The van der Waals surface area contributed by atoms with Gasteiger partial charge < -0.3 is 5.32 Å². The van der Waals surface area contributed by atoms with E-state index in [1.165, 1.54) is 36.7 Å². The number of hydrogen-bond acceptors (Lipinski definition) is 5. The van der Waals surface area contributed by atoms with E-state index in [1.807, 2.05) is 0 Å². The van der Waals surface area contributed by atoms with E-state index in [2.05, 4.69) is 15.3 Å². The van der Waals surface area contributed by atoms with Crippen molar-refractivity contribution in [3.05, 3.63) is 47.4 Å². The predicted molar refractivity (Wildman–Crippen MR) is 74.5 cm³/mol. The molecule has 0 aliphatic rings. The smallest absolute Gasteiger partial charge is 0.256 e. The summed E-state index contributed by atoms with van der Waals surface area (Å²) in [5.74, 6) is -0.306. The monoisotopic (exact) mass is 311 g/mol. The van der Waals surface area contributed by atoms with E-state index < -0.39 is 15.7 Å². The van der Waals surface area contributed by atoms with Gasteiger partial charge in [-0.2, -0.15) is 0 Å². The molecule has 104 valence electrons. The highest BCUT2D eigenvalue weighted by Crippen LogP contribution is 2.13. The van der Waals surface area contributed by atoms with E-state index in [0.717, 1.165) is 6.26 Å². The van der Waals surface area contributed by atoms with Gasteiger partial charge in [-0.3, -0.25) is 9.78 Å². The van der Waals surface area contributed by atoms with E-state index >= 15 is 0 Å². The molecule has 0 radical (unpaired) electrons. The summed E-state index contributed by atoms with van der Waals surface area (Å²) < 4.78 is 22.9. The first-order valence-corrected chi connectivity index (χ1v) is 7.72. The van der Waals surface area contributed by atoms with Crippen molar-refractivity contribution in [1.29, 1.82) is 0 Å². The molecule has 0 bridgehead atoms. The first-order chi connectivity index (χ1) is 9.36. The van der Waals surface area contributed by atoms with Crippen LogP contribution in [0.5, 0.6) is 0 Å². The van der Waals surface area contributed by atoms with Gasteiger partial charge in [0.2, 0.25) is 0 Å². The Morgan fingerprint density at radius 2 is 2.05 bits per heavy atom. The quantitative estimate of drug-likeness (QED) is 0.933. The Kier molecular flexibility index (Phi) is 4.01. The third-order valence-corrected chi connectivity index (χ3v) is 3.66. The summed E-state index contributed by atoms with van der Waals surface area (Å²) >= 11 is 5.66. The molecule has 2 rings (SSSR count). The first kappa shape index (κ1) is 14.4. The minimum absolute atomic E-state index is 0.0716. The lowest BCUT2D eigenvalue weighted by atomic mass is 10.2. The Hall–Kier alpha value is -1.99. The molecule has 1 heterocycles. The number of nitrogens with one attached hydrogen (secondary N) is 1. The zero-order valence-electron chi connectivity index (χ0n) is 10.4. The highest BCUT2D eigenvalue weighted by Gasteiger charge is 2.12. The highest BCUT2D eigenvalue weighted by molar-refractivity contribution is 7.90. The van der Waals surface area contributed by atoms with E-state index in [-0.39, 0.29) is 21.4 Å². The number of amides is 1.